The van der Waals surface area contributed by atoms with E-state index in [1.165, 1.54) is 5.57 Å². The monoisotopic (exact) mass is 185 g/mol. The van der Waals surface area contributed by atoms with Crippen LogP contribution in [0.5, 0.6) is 0 Å². The van der Waals surface area contributed by atoms with Crippen molar-refractivity contribution in [2.24, 2.45) is 0 Å². The fraction of sp³-hybridized carbons (Fsp3) is 0.444. The van der Waals surface area contributed by atoms with Crippen molar-refractivity contribution in [2.45, 2.75) is 25.7 Å². The predicted molar refractivity (Wildman–Crippen MR) is 50.0 cm³/mol. The first-order valence-corrected chi connectivity index (χ1v) is 4.05. The van der Waals surface area contributed by atoms with Gasteiger partial charge in [-0.3, -0.25) is 4.79 Å². The molecular weight excluding hydrogens is 174 g/mol. The van der Waals surface area contributed by atoms with Crippen LogP contribution in [0.4, 0.5) is 0 Å². The van der Waals surface area contributed by atoms with Crippen LogP contribution in [-0.4, -0.2) is 5.91 Å². The standard InChI is InChI=1S/C9H11NO.ClH/c11-9-6-5-7-3-1-2-4-8(7)10-9;/h2,4H,1,3,5-6H2,(H,10,11);1H. The number of hydrogen-bond acceptors (Lipinski definition) is 1. The van der Waals surface area contributed by atoms with E-state index in [2.05, 4.69) is 11.4 Å². The fourth-order valence-electron chi connectivity index (χ4n) is 1.58. The topological polar surface area (TPSA) is 29.1 Å². The Morgan fingerprint density at radius 2 is 2.08 bits per heavy atom. The molecule has 2 aliphatic rings. The maximum absolute atomic E-state index is 10.9. The van der Waals surface area contributed by atoms with Gasteiger partial charge in [-0.25, -0.2) is 0 Å². The van der Waals surface area contributed by atoms with Gasteiger partial charge in [-0.1, -0.05) is 6.08 Å². The number of allylic oxidation sites excluding steroid dienone is 3. The molecule has 0 aromatic carbocycles. The summed E-state index contributed by atoms with van der Waals surface area (Å²) in [5, 5.41) is 2.87. The lowest BCUT2D eigenvalue weighted by molar-refractivity contribution is -0.120. The summed E-state index contributed by atoms with van der Waals surface area (Å²) >= 11 is 0. The molecule has 0 aromatic rings. The minimum absolute atomic E-state index is 0. The van der Waals surface area contributed by atoms with Crippen molar-refractivity contribution in [3.8, 4) is 0 Å². The Morgan fingerprint density at radius 1 is 1.25 bits per heavy atom. The SMILES string of the molecule is Cl.O=C1CCC2=C(C=CCC2)N1. The van der Waals surface area contributed by atoms with Crippen LogP contribution in [0.2, 0.25) is 0 Å². The third-order valence-corrected chi connectivity index (χ3v) is 2.21. The van der Waals surface area contributed by atoms with Crippen molar-refractivity contribution in [2.75, 3.05) is 0 Å². The fourth-order valence-corrected chi connectivity index (χ4v) is 1.58. The van der Waals surface area contributed by atoms with Crippen molar-refractivity contribution in [1.82, 2.24) is 5.32 Å². The van der Waals surface area contributed by atoms with Crippen LogP contribution >= 0.6 is 12.4 Å². The number of carbonyl (C=O) groups is 1. The Morgan fingerprint density at radius 3 is 2.92 bits per heavy atom. The van der Waals surface area contributed by atoms with Crippen LogP contribution in [0.3, 0.4) is 0 Å². The Balaban J connectivity index is 0.000000720. The first-order valence-electron chi connectivity index (χ1n) is 4.05. The smallest absolute Gasteiger partial charge is 0.224 e. The highest BCUT2D eigenvalue weighted by molar-refractivity contribution is 5.85. The zero-order chi connectivity index (χ0) is 7.68. The molecule has 3 heteroatoms. The second kappa shape index (κ2) is 3.76. The third kappa shape index (κ3) is 1.69. The largest absolute Gasteiger partial charge is 0.326 e. The number of carbonyl (C=O) groups excluding carboxylic acids is 1. The summed E-state index contributed by atoms with van der Waals surface area (Å²) in [7, 11) is 0. The zero-order valence-electron chi connectivity index (χ0n) is 6.80. The summed E-state index contributed by atoms with van der Waals surface area (Å²) in [4.78, 5) is 10.9. The van der Waals surface area contributed by atoms with Gasteiger partial charge in [-0.05, 0) is 30.9 Å². The Bertz CT molecular complexity index is 255. The molecule has 0 unspecified atom stereocenters. The van der Waals surface area contributed by atoms with E-state index in [9.17, 15) is 4.79 Å². The molecule has 12 heavy (non-hydrogen) atoms. The van der Waals surface area contributed by atoms with E-state index in [0.717, 1.165) is 25.0 Å². The molecule has 0 saturated heterocycles. The second-order valence-electron chi connectivity index (χ2n) is 3.01. The lowest BCUT2D eigenvalue weighted by Gasteiger charge is -2.21. The summed E-state index contributed by atoms with van der Waals surface area (Å²) in [5.41, 5.74) is 2.49. The first-order chi connectivity index (χ1) is 5.36. The number of amides is 1. The molecule has 0 atom stereocenters. The normalized spacial score (nSPS) is 21.2. The van der Waals surface area contributed by atoms with Crippen LogP contribution in [0, 0.1) is 0 Å². The van der Waals surface area contributed by atoms with Gasteiger partial charge in [0.15, 0.2) is 0 Å². The molecule has 2 nitrogen and oxygen atoms in total. The van der Waals surface area contributed by atoms with Gasteiger partial charge in [0.1, 0.15) is 0 Å². The highest BCUT2D eigenvalue weighted by Crippen LogP contribution is 2.24. The zero-order valence-corrected chi connectivity index (χ0v) is 7.62. The Labute approximate surface area is 78.1 Å². The van der Waals surface area contributed by atoms with Crippen LogP contribution in [0.1, 0.15) is 25.7 Å². The maximum atomic E-state index is 10.9. The van der Waals surface area contributed by atoms with Gasteiger partial charge in [0.2, 0.25) is 5.91 Å². The average molecular weight is 186 g/mol. The van der Waals surface area contributed by atoms with E-state index in [0.29, 0.717) is 6.42 Å². The van der Waals surface area contributed by atoms with Gasteiger partial charge in [-0.15, -0.1) is 12.4 Å². The van der Waals surface area contributed by atoms with Gasteiger partial charge in [0, 0.05) is 12.1 Å². The first kappa shape index (κ1) is 9.33. The van der Waals surface area contributed by atoms with Crippen LogP contribution in [0.15, 0.2) is 23.4 Å². The number of nitrogens with one attached hydrogen (secondary N) is 1. The molecule has 0 spiro atoms. The van der Waals surface area contributed by atoms with E-state index in [1.54, 1.807) is 0 Å². The number of rotatable bonds is 0. The lowest BCUT2D eigenvalue weighted by atomic mass is 9.95. The average Bonchev–Trinajstić information content (AvgIpc) is 2.04. The maximum Gasteiger partial charge on any atom is 0.224 e. The molecule has 1 heterocycles. The summed E-state index contributed by atoms with van der Waals surface area (Å²) in [6, 6.07) is 0. The van der Waals surface area contributed by atoms with Gasteiger partial charge in [0.25, 0.3) is 0 Å². The molecule has 1 aliphatic carbocycles. The molecule has 0 radical (unpaired) electrons. The molecule has 1 amide bonds. The van der Waals surface area contributed by atoms with Crippen molar-refractivity contribution in [3.05, 3.63) is 23.4 Å². The summed E-state index contributed by atoms with van der Waals surface area (Å²) in [6.07, 6.45) is 8.04. The Hall–Kier alpha value is -0.760. The summed E-state index contributed by atoms with van der Waals surface area (Å²) < 4.78 is 0. The van der Waals surface area contributed by atoms with Crippen molar-refractivity contribution in [1.29, 1.82) is 0 Å². The van der Waals surface area contributed by atoms with E-state index in [4.69, 9.17) is 0 Å². The molecule has 2 rings (SSSR count). The molecular formula is C9H12ClNO. The number of halogens is 1. The summed E-state index contributed by atoms with van der Waals surface area (Å²) in [6.45, 7) is 0. The van der Waals surface area contributed by atoms with Gasteiger partial charge in [0.05, 0.1) is 0 Å². The van der Waals surface area contributed by atoms with E-state index < -0.39 is 0 Å². The minimum Gasteiger partial charge on any atom is -0.326 e. The third-order valence-electron chi connectivity index (χ3n) is 2.21. The van der Waals surface area contributed by atoms with Gasteiger partial charge < -0.3 is 5.32 Å². The molecule has 0 aromatic heterocycles. The van der Waals surface area contributed by atoms with Crippen molar-refractivity contribution in [3.63, 3.8) is 0 Å². The van der Waals surface area contributed by atoms with Crippen LogP contribution < -0.4 is 5.32 Å². The quantitative estimate of drug-likeness (QED) is 0.614. The van der Waals surface area contributed by atoms with Crippen molar-refractivity contribution < 1.29 is 4.79 Å². The molecule has 0 saturated carbocycles. The van der Waals surface area contributed by atoms with Gasteiger partial charge >= 0.3 is 0 Å². The summed E-state index contributed by atoms with van der Waals surface area (Å²) in [5.74, 6) is 0.162. The van der Waals surface area contributed by atoms with E-state index in [-0.39, 0.29) is 18.3 Å². The highest BCUT2D eigenvalue weighted by Gasteiger charge is 2.16. The lowest BCUT2D eigenvalue weighted by Crippen LogP contribution is -2.27. The van der Waals surface area contributed by atoms with Crippen molar-refractivity contribution >= 4 is 18.3 Å². The molecule has 1 N–H and O–H groups in total. The molecule has 0 bridgehead atoms. The number of hydrogen-bond donors (Lipinski definition) is 1. The predicted octanol–water partition coefficient (Wildman–Crippen LogP) is 1.92. The Kier molecular flexibility index (Phi) is 2.93. The minimum atomic E-state index is 0. The second-order valence-corrected chi connectivity index (χ2v) is 3.01. The molecule has 66 valence electrons. The van der Waals surface area contributed by atoms with Crippen LogP contribution in [0.25, 0.3) is 0 Å². The van der Waals surface area contributed by atoms with Crippen LogP contribution in [-0.2, 0) is 4.79 Å². The molecule has 0 fully saturated rings. The van der Waals surface area contributed by atoms with Gasteiger partial charge in [-0.2, -0.15) is 0 Å². The highest BCUT2D eigenvalue weighted by atomic mass is 35.5. The van der Waals surface area contributed by atoms with E-state index >= 15 is 0 Å². The van der Waals surface area contributed by atoms with E-state index in [1.807, 2.05) is 6.08 Å². The molecule has 1 aliphatic heterocycles.